The largest absolute Gasteiger partial charge is 0.481 e. The topological polar surface area (TPSA) is 141 Å². The zero-order chi connectivity index (χ0) is 50.5. The van der Waals surface area contributed by atoms with E-state index in [0.717, 1.165) is 71.5 Å². The summed E-state index contributed by atoms with van der Waals surface area (Å²) in [6, 6.07) is 3.82. The van der Waals surface area contributed by atoms with Gasteiger partial charge in [0.05, 0.1) is 34.1 Å². The number of fused-ring (bicyclic) bond motifs is 2. The summed E-state index contributed by atoms with van der Waals surface area (Å²) in [6.45, 7) is 20.4. The standard InChI is InChI=1S/C26H37F3N4O2.C25H35F3N4O2/c1-15(2)22-17(5)30-21-13-20(18-7-9-19(10-8-18)26(27,28)29)31-33(21)23(22)32-12-6-11-25(14-32,16(3)4)24(34)35;1-5-24(23(33)34)11-6-12-31(14-24)22-21(15(2)3)16(4)29-20-13-19(30-32(20)22)17-7-9-18(10-8-17)25(26,27)28/h13,15-16,18-19H,6-12,14H2,1-5H3,(H,34,35);13,15,17-18H,5-12,14H2,1-4H3,(H,33,34)/t18-,19-,25-;17-,18-,24-/m01/s1. The van der Waals surface area contributed by atoms with Crippen LogP contribution < -0.4 is 9.80 Å². The number of aryl methyl sites for hydroxylation is 2. The quantitative estimate of drug-likeness (QED) is 0.148. The highest BCUT2D eigenvalue weighted by Gasteiger charge is 2.47. The average molecular weight is 975 g/mol. The van der Waals surface area contributed by atoms with Crippen LogP contribution in [0, 0.1) is 42.4 Å². The Balaban J connectivity index is 0.000000204. The van der Waals surface area contributed by atoms with E-state index in [0.29, 0.717) is 69.3 Å². The molecule has 4 aliphatic rings. The van der Waals surface area contributed by atoms with Crippen molar-refractivity contribution in [3.8, 4) is 0 Å². The summed E-state index contributed by atoms with van der Waals surface area (Å²) in [5, 5.41) is 30.0. The predicted molar refractivity (Wildman–Crippen MR) is 253 cm³/mol. The van der Waals surface area contributed by atoms with Crippen LogP contribution in [0.2, 0.25) is 0 Å². The number of hydrogen-bond acceptors (Lipinski definition) is 8. The molecule has 4 fully saturated rings. The van der Waals surface area contributed by atoms with Gasteiger partial charge in [-0.2, -0.15) is 45.6 Å². The van der Waals surface area contributed by atoms with Gasteiger partial charge in [0.15, 0.2) is 11.3 Å². The molecule has 382 valence electrons. The van der Waals surface area contributed by atoms with Gasteiger partial charge in [-0.15, -0.1) is 0 Å². The Morgan fingerprint density at radius 1 is 0.652 bits per heavy atom. The maximum atomic E-state index is 13.2. The maximum absolute atomic E-state index is 13.2. The monoisotopic (exact) mass is 975 g/mol. The van der Waals surface area contributed by atoms with Crippen molar-refractivity contribution in [1.82, 2.24) is 29.2 Å². The van der Waals surface area contributed by atoms with Crippen LogP contribution in [0.5, 0.6) is 0 Å². The van der Waals surface area contributed by atoms with Crippen LogP contribution in [0.4, 0.5) is 38.0 Å². The lowest BCUT2D eigenvalue weighted by Gasteiger charge is -2.44. The number of anilines is 2. The fourth-order valence-corrected chi connectivity index (χ4v) is 12.1. The van der Waals surface area contributed by atoms with E-state index in [1.165, 1.54) is 0 Å². The number of nitrogens with zero attached hydrogens (tertiary/aromatic N) is 8. The summed E-state index contributed by atoms with van der Waals surface area (Å²) in [7, 11) is 0. The van der Waals surface area contributed by atoms with Gasteiger partial charge in [0.25, 0.3) is 0 Å². The molecule has 4 aromatic heterocycles. The van der Waals surface area contributed by atoms with Gasteiger partial charge in [0, 0.05) is 72.7 Å². The molecule has 2 saturated heterocycles. The predicted octanol–water partition coefficient (Wildman–Crippen LogP) is 12.4. The molecule has 0 aromatic carbocycles. The van der Waals surface area contributed by atoms with Gasteiger partial charge in [-0.1, -0.05) is 48.5 Å². The van der Waals surface area contributed by atoms with Crippen LogP contribution in [0.15, 0.2) is 12.1 Å². The van der Waals surface area contributed by atoms with E-state index in [1.54, 1.807) is 0 Å². The first-order chi connectivity index (χ1) is 32.3. The van der Waals surface area contributed by atoms with E-state index in [4.69, 9.17) is 20.2 Å². The van der Waals surface area contributed by atoms with Crippen molar-refractivity contribution in [1.29, 1.82) is 0 Å². The molecule has 2 saturated carbocycles. The first-order valence-corrected chi connectivity index (χ1v) is 25.2. The number of carboxylic acids is 2. The normalized spacial score (nSPS) is 26.3. The van der Waals surface area contributed by atoms with Crippen LogP contribution in [0.3, 0.4) is 0 Å². The second kappa shape index (κ2) is 19.9. The lowest BCUT2D eigenvalue weighted by Crippen LogP contribution is -2.51. The molecule has 2 N–H and O–H groups in total. The summed E-state index contributed by atoms with van der Waals surface area (Å²) in [6.07, 6.45) is -2.56. The van der Waals surface area contributed by atoms with Gasteiger partial charge in [0.2, 0.25) is 0 Å². The van der Waals surface area contributed by atoms with E-state index in [9.17, 15) is 46.1 Å². The van der Waals surface area contributed by atoms with Crippen molar-refractivity contribution in [2.45, 2.75) is 182 Å². The number of aliphatic carboxylic acids is 2. The van der Waals surface area contributed by atoms with Crippen molar-refractivity contribution in [2.24, 2.45) is 28.6 Å². The smallest absolute Gasteiger partial charge is 0.391 e. The fraction of sp³-hybridized carbons (Fsp3) is 0.725. The van der Waals surface area contributed by atoms with Crippen molar-refractivity contribution in [3.05, 3.63) is 46.0 Å². The Labute approximate surface area is 401 Å². The molecule has 8 rings (SSSR count). The second-order valence-corrected chi connectivity index (χ2v) is 21.6. The Morgan fingerprint density at radius 3 is 1.41 bits per heavy atom. The number of rotatable bonds is 10. The molecule has 12 nitrogen and oxygen atoms in total. The third-order valence-electron chi connectivity index (χ3n) is 16.4. The van der Waals surface area contributed by atoms with E-state index in [1.807, 2.05) is 55.8 Å². The molecule has 18 heteroatoms. The van der Waals surface area contributed by atoms with Crippen LogP contribution in [-0.4, -0.2) is 89.9 Å². The SMILES string of the molecule is CC[C@@]1(C(=O)O)CCCN(c2c(C(C)C)c(C)nc3cc([C@H]4CC[C@H](C(F)(F)F)CC4)nn23)C1.Cc1nc2cc([C@H]3CC[C@H](C(F)(F)F)CC3)nn2c(N2CCC[C@@](C(=O)O)(C(C)C)C2)c1C(C)C. The maximum Gasteiger partial charge on any atom is 0.391 e. The third kappa shape index (κ3) is 10.3. The zero-order valence-corrected chi connectivity index (χ0v) is 41.8. The van der Waals surface area contributed by atoms with Crippen LogP contribution >= 0.6 is 0 Å². The number of carboxylic acid groups (broad SMARTS) is 2. The minimum absolute atomic E-state index is 0.0222. The number of aromatic nitrogens is 6. The zero-order valence-electron chi connectivity index (χ0n) is 41.8. The van der Waals surface area contributed by atoms with Crippen LogP contribution in [0.25, 0.3) is 11.3 Å². The summed E-state index contributed by atoms with van der Waals surface area (Å²) < 4.78 is 82.5. The van der Waals surface area contributed by atoms with Crippen molar-refractivity contribution < 1.29 is 46.1 Å². The van der Waals surface area contributed by atoms with Gasteiger partial charge >= 0.3 is 24.3 Å². The highest BCUT2D eigenvalue weighted by molar-refractivity contribution is 5.77. The third-order valence-corrected chi connectivity index (χ3v) is 16.4. The molecule has 0 bridgehead atoms. The molecule has 2 atom stereocenters. The first-order valence-electron chi connectivity index (χ1n) is 25.2. The molecule has 6 heterocycles. The molecular weight excluding hydrogens is 903 g/mol. The van der Waals surface area contributed by atoms with E-state index in [-0.39, 0.29) is 55.3 Å². The minimum Gasteiger partial charge on any atom is -0.481 e. The minimum atomic E-state index is -4.14. The van der Waals surface area contributed by atoms with Crippen LogP contribution in [0.1, 0.15) is 190 Å². The van der Waals surface area contributed by atoms with Gasteiger partial charge in [-0.25, -0.2) is 9.97 Å². The molecule has 0 radical (unpaired) electrons. The molecular formula is C51H72F6N8O4. The van der Waals surface area contributed by atoms with Gasteiger partial charge in [-0.3, -0.25) is 9.59 Å². The molecule has 2 aliphatic carbocycles. The van der Waals surface area contributed by atoms with Crippen molar-refractivity contribution in [3.63, 3.8) is 0 Å². The Kier molecular flexibility index (Phi) is 15.0. The number of alkyl halides is 6. The van der Waals surface area contributed by atoms with Crippen molar-refractivity contribution in [2.75, 3.05) is 36.0 Å². The lowest BCUT2D eigenvalue weighted by atomic mass is 9.71. The molecule has 0 unspecified atom stereocenters. The highest BCUT2D eigenvalue weighted by Crippen LogP contribution is 2.47. The number of halogens is 6. The van der Waals surface area contributed by atoms with Gasteiger partial charge in [0.1, 0.15) is 11.6 Å². The number of hydrogen-bond donors (Lipinski definition) is 2. The number of piperidine rings is 2. The highest BCUT2D eigenvalue weighted by atomic mass is 19.4. The van der Waals surface area contributed by atoms with Gasteiger partial charge in [-0.05, 0) is 115 Å². The summed E-state index contributed by atoms with van der Waals surface area (Å²) in [4.78, 5) is 38.5. The Bertz CT molecular complexity index is 2480. The molecule has 4 aromatic rings. The summed E-state index contributed by atoms with van der Waals surface area (Å²) in [5.74, 6) is -2.00. The lowest BCUT2D eigenvalue weighted by molar-refractivity contribution is -0.183. The molecule has 0 spiro atoms. The average Bonchev–Trinajstić information content (AvgIpc) is 3.92. The van der Waals surface area contributed by atoms with E-state index < -0.39 is 47.0 Å². The summed E-state index contributed by atoms with van der Waals surface area (Å²) in [5.41, 5.74) is 5.11. The fourth-order valence-electron chi connectivity index (χ4n) is 12.1. The summed E-state index contributed by atoms with van der Waals surface area (Å²) >= 11 is 0. The molecule has 69 heavy (non-hydrogen) atoms. The van der Waals surface area contributed by atoms with E-state index in [2.05, 4.69) is 37.5 Å². The molecule has 0 amide bonds. The second-order valence-electron chi connectivity index (χ2n) is 21.6. The molecule has 2 aliphatic heterocycles. The first kappa shape index (κ1) is 52.2. The number of carbonyl (C=O) groups is 2. The van der Waals surface area contributed by atoms with Crippen LogP contribution in [-0.2, 0) is 9.59 Å². The van der Waals surface area contributed by atoms with Gasteiger partial charge < -0.3 is 20.0 Å². The van der Waals surface area contributed by atoms with Crippen molar-refractivity contribution >= 4 is 34.9 Å². The van der Waals surface area contributed by atoms with E-state index >= 15 is 0 Å². The Hall–Kier alpha value is -4.64. The Morgan fingerprint density at radius 2 is 1.06 bits per heavy atom.